The predicted octanol–water partition coefficient (Wildman–Crippen LogP) is 2.08. The third-order valence-electron chi connectivity index (χ3n) is 4.09. The summed E-state index contributed by atoms with van der Waals surface area (Å²) in [7, 11) is 0. The van der Waals surface area contributed by atoms with E-state index in [1.807, 2.05) is 0 Å². The van der Waals surface area contributed by atoms with Crippen LogP contribution in [-0.2, 0) is 9.53 Å². The third kappa shape index (κ3) is 4.96. The molecule has 2 unspecified atom stereocenters. The summed E-state index contributed by atoms with van der Waals surface area (Å²) in [5.74, 6) is -1.14. The average Bonchev–Trinajstić information content (AvgIpc) is 2.55. The largest absolute Gasteiger partial charge is 0.490 e. The van der Waals surface area contributed by atoms with Gasteiger partial charge in [0.25, 0.3) is 5.91 Å². The molecule has 1 aliphatic rings. The number of benzene rings is 1. The van der Waals surface area contributed by atoms with Gasteiger partial charge in [0, 0.05) is 24.4 Å². The highest BCUT2D eigenvalue weighted by atomic mass is 16.5. The highest BCUT2D eigenvalue weighted by Gasteiger charge is 2.21. The zero-order valence-corrected chi connectivity index (χ0v) is 13.5. The molecule has 1 amide bonds. The Morgan fingerprint density at radius 1 is 1.22 bits per heavy atom. The predicted molar refractivity (Wildman–Crippen MR) is 84.6 cm³/mol. The molecule has 6 nitrogen and oxygen atoms in total. The van der Waals surface area contributed by atoms with E-state index in [1.165, 1.54) is 0 Å². The molecule has 2 atom stereocenters. The van der Waals surface area contributed by atoms with E-state index in [2.05, 4.69) is 5.32 Å². The number of carbonyl (C=O) groups excluding carboxylic acids is 1. The van der Waals surface area contributed by atoms with E-state index in [0.29, 0.717) is 18.8 Å². The number of carboxylic acid groups (broad SMARTS) is 1. The maximum absolute atomic E-state index is 12.1. The molecule has 0 spiro atoms. The zero-order valence-electron chi connectivity index (χ0n) is 13.5. The number of aliphatic carboxylic acids is 1. The van der Waals surface area contributed by atoms with Crippen molar-refractivity contribution in [2.45, 2.75) is 38.8 Å². The van der Waals surface area contributed by atoms with Gasteiger partial charge in [-0.25, -0.2) is 0 Å². The fourth-order valence-corrected chi connectivity index (χ4v) is 2.30. The van der Waals surface area contributed by atoms with Crippen molar-refractivity contribution < 1.29 is 24.2 Å². The van der Waals surface area contributed by atoms with Gasteiger partial charge in [-0.2, -0.15) is 0 Å². The second kappa shape index (κ2) is 7.97. The zero-order chi connectivity index (χ0) is 16.8. The van der Waals surface area contributed by atoms with E-state index >= 15 is 0 Å². The first-order valence-corrected chi connectivity index (χ1v) is 7.85. The molecule has 0 aromatic heterocycles. The number of nitrogens with one attached hydrogen (secondary N) is 1. The lowest BCUT2D eigenvalue weighted by molar-refractivity contribution is -0.141. The van der Waals surface area contributed by atoms with Crippen molar-refractivity contribution in [3.63, 3.8) is 0 Å². The smallest absolute Gasteiger partial charge is 0.308 e. The van der Waals surface area contributed by atoms with Crippen molar-refractivity contribution >= 4 is 11.9 Å². The fraction of sp³-hybridized carbons (Fsp3) is 0.529. The van der Waals surface area contributed by atoms with Crippen LogP contribution in [0, 0.1) is 5.92 Å². The maximum Gasteiger partial charge on any atom is 0.308 e. The van der Waals surface area contributed by atoms with Gasteiger partial charge >= 0.3 is 5.97 Å². The van der Waals surface area contributed by atoms with E-state index in [1.54, 1.807) is 38.1 Å². The normalized spacial score (nSPS) is 18.0. The lowest BCUT2D eigenvalue weighted by Gasteiger charge is -2.23. The second-order valence-corrected chi connectivity index (χ2v) is 5.84. The topological polar surface area (TPSA) is 84.9 Å². The first kappa shape index (κ1) is 17.3. The Labute approximate surface area is 135 Å². The highest BCUT2D eigenvalue weighted by Crippen LogP contribution is 2.18. The van der Waals surface area contributed by atoms with Gasteiger partial charge in [0.15, 0.2) is 0 Å². The number of hydrogen-bond acceptors (Lipinski definition) is 4. The van der Waals surface area contributed by atoms with Gasteiger partial charge in [0.1, 0.15) is 11.9 Å². The van der Waals surface area contributed by atoms with Crippen molar-refractivity contribution in [1.82, 2.24) is 5.32 Å². The highest BCUT2D eigenvalue weighted by molar-refractivity contribution is 5.94. The lowest BCUT2D eigenvalue weighted by atomic mass is 10.0. The molecule has 126 valence electrons. The molecule has 23 heavy (non-hydrogen) atoms. The number of carbonyl (C=O) groups is 2. The molecule has 6 heteroatoms. The quantitative estimate of drug-likeness (QED) is 0.838. The van der Waals surface area contributed by atoms with Crippen LogP contribution in [0.15, 0.2) is 24.3 Å². The number of rotatable bonds is 6. The van der Waals surface area contributed by atoms with Crippen LogP contribution in [0.4, 0.5) is 0 Å². The summed E-state index contributed by atoms with van der Waals surface area (Å²) in [6.45, 7) is 4.67. The van der Waals surface area contributed by atoms with Crippen molar-refractivity contribution in [1.29, 1.82) is 0 Å². The minimum absolute atomic E-state index is 0.153. The number of ether oxygens (including phenoxy) is 2. The van der Waals surface area contributed by atoms with E-state index in [-0.39, 0.29) is 12.0 Å². The minimum Gasteiger partial charge on any atom is -0.490 e. The lowest BCUT2D eigenvalue weighted by Crippen LogP contribution is -2.40. The van der Waals surface area contributed by atoms with Crippen molar-refractivity contribution in [2.75, 3.05) is 13.2 Å². The summed E-state index contributed by atoms with van der Waals surface area (Å²) in [5, 5.41) is 11.7. The van der Waals surface area contributed by atoms with E-state index in [4.69, 9.17) is 14.6 Å². The van der Waals surface area contributed by atoms with Crippen LogP contribution in [-0.4, -0.2) is 42.3 Å². The van der Waals surface area contributed by atoms with Gasteiger partial charge in [-0.05, 0) is 38.1 Å². The molecule has 1 aliphatic heterocycles. The molecular weight excluding hydrogens is 298 g/mol. The van der Waals surface area contributed by atoms with Gasteiger partial charge in [-0.1, -0.05) is 0 Å². The van der Waals surface area contributed by atoms with Crippen molar-refractivity contribution in [2.24, 2.45) is 5.92 Å². The Morgan fingerprint density at radius 3 is 2.39 bits per heavy atom. The maximum atomic E-state index is 12.1. The van der Waals surface area contributed by atoms with Crippen LogP contribution in [0.1, 0.15) is 37.0 Å². The van der Waals surface area contributed by atoms with Crippen LogP contribution in [0.25, 0.3) is 0 Å². The van der Waals surface area contributed by atoms with Crippen LogP contribution in [0.3, 0.4) is 0 Å². The number of hydrogen-bond donors (Lipinski definition) is 2. The molecule has 1 aromatic carbocycles. The van der Waals surface area contributed by atoms with E-state index < -0.39 is 17.9 Å². The Morgan fingerprint density at radius 2 is 1.83 bits per heavy atom. The molecular formula is C17H23NO5. The fourth-order valence-electron chi connectivity index (χ4n) is 2.30. The summed E-state index contributed by atoms with van der Waals surface area (Å²) >= 11 is 0. The SMILES string of the molecule is CC(NC(=O)c1ccc(OC2CCOCC2)cc1)C(C)C(=O)O. The summed E-state index contributed by atoms with van der Waals surface area (Å²) < 4.78 is 11.1. The Balaban J connectivity index is 1.90. The standard InChI is InChI=1S/C17H23NO5/c1-11(17(20)21)12(2)18-16(19)13-3-5-14(6-4-13)23-15-7-9-22-10-8-15/h3-6,11-12,15H,7-10H2,1-2H3,(H,18,19)(H,20,21). The minimum atomic E-state index is -0.932. The Bertz CT molecular complexity index is 536. The summed E-state index contributed by atoms with van der Waals surface area (Å²) in [5.41, 5.74) is 0.480. The van der Waals surface area contributed by atoms with Gasteiger partial charge in [-0.3, -0.25) is 9.59 Å². The number of carboxylic acids is 1. The van der Waals surface area contributed by atoms with Gasteiger partial charge in [0.2, 0.25) is 0 Å². The molecule has 1 fully saturated rings. The molecule has 1 aromatic rings. The summed E-state index contributed by atoms with van der Waals surface area (Å²) in [6, 6.07) is 6.44. The van der Waals surface area contributed by atoms with Crippen LogP contribution >= 0.6 is 0 Å². The van der Waals surface area contributed by atoms with E-state index in [0.717, 1.165) is 18.6 Å². The number of amides is 1. The summed E-state index contributed by atoms with van der Waals surface area (Å²) in [4.78, 5) is 23.0. The molecule has 1 heterocycles. The van der Waals surface area contributed by atoms with Gasteiger partial charge in [0.05, 0.1) is 19.1 Å². The summed E-state index contributed by atoms with van der Waals surface area (Å²) in [6.07, 6.45) is 1.89. The molecule has 0 saturated carbocycles. The van der Waals surface area contributed by atoms with Gasteiger partial charge < -0.3 is 19.9 Å². The molecule has 0 aliphatic carbocycles. The molecule has 2 rings (SSSR count). The third-order valence-corrected chi connectivity index (χ3v) is 4.09. The Kier molecular flexibility index (Phi) is 5.98. The van der Waals surface area contributed by atoms with Gasteiger partial charge in [-0.15, -0.1) is 0 Å². The second-order valence-electron chi connectivity index (χ2n) is 5.84. The van der Waals surface area contributed by atoms with Crippen LogP contribution in [0.5, 0.6) is 5.75 Å². The van der Waals surface area contributed by atoms with Crippen LogP contribution < -0.4 is 10.1 Å². The molecule has 2 N–H and O–H groups in total. The monoisotopic (exact) mass is 321 g/mol. The first-order valence-electron chi connectivity index (χ1n) is 7.85. The molecule has 1 saturated heterocycles. The molecule has 0 radical (unpaired) electrons. The van der Waals surface area contributed by atoms with Crippen molar-refractivity contribution in [3.8, 4) is 5.75 Å². The molecule has 0 bridgehead atoms. The van der Waals surface area contributed by atoms with Crippen molar-refractivity contribution in [3.05, 3.63) is 29.8 Å². The van der Waals surface area contributed by atoms with Crippen LogP contribution in [0.2, 0.25) is 0 Å². The van der Waals surface area contributed by atoms with E-state index in [9.17, 15) is 9.59 Å². The first-order chi connectivity index (χ1) is 11.0. The Hall–Kier alpha value is -2.08. The average molecular weight is 321 g/mol.